The molecule has 0 fully saturated rings. The van der Waals surface area contributed by atoms with E-state index in [1.54, 1.807) is 12.4 Å². The Hall–Kier alpha value is -2.47. The van der Waals surface area contributed by atoms with Gasteiger partial charge in [0.2, 0.25) is 0 Å². The van der Waals surface area contributed by atoms with E-state index in [0.29, 0.717) is 17.2 Å². The van der Waals surface area contributed by atoms with Crippen LogP contribution < -0.4 is 5.73 Å². The van der Waals surface area contributed by atoms with E-state index in [2.05, 4.69) is 16.9 Å². The zero-order chi connectivity index (χ0) is 18.4. The Bertz CT molecular complexity index is 877. The minimum Gasteiger partial charge on any atom is -0.461 e. The van der Waals surface area contributed by atoms with Gasteiger partial charge in [-0.15, -0.1) is 11.3 Å². The third kappa shape index (κ3) is 4.19. The van der Waals surface area contributed by atoms with Gasteiger partial charge in [-0.3, -0.25) is 4.98 Å². The Morgan fingerprint density at radius 2 is 2.04 bits per heavy atom. The highest BCUT2D eigenvalue weighted by molar-refractivity contribution is 7.21. The topological polar surface area (TPSA) is 78.1 Å². The maximum atomic E-state index is 12.3. The Balaban J connectivity index is 1.71. The van der Waals surface area contributed by atoms with Crippen molar-refractivity contribution in [3.8, 4) is 11.3 Å². The molecule has 3 aromatic rings. The number of nitrogen functional groups attached to an aromatic ring is 1. The van der Waals surface area contributed by atoms with Crippen molar-refractivity contribution in [2.75, 3.05) is 12.3 Å². The van der Waals surface area contributed by atoms with Crippen LogP contribution in [0.5, 0.6) is 0 Å². The standard InChI is InChI=1S/C20H23N3O2S/c1-2-3-4-5-6-12-25-20(24)18-17(21)15-9-10-16(23-19(15)26-18)14-8-7-11-22-13-14/h7-11,13H,2-6,12,21H2,1H3. The van der Waals surface area contributed by atoms with Gasteiger partial charge in [0.1, 0.15) is 9.71 Å². The molecule has 0 saturated carbocycles. The summed E-state index contributed by atoms with van der Waals surface area (Å²) < 4.78 is 5.39. The summed E-state index contributed by atoms with van der Waals surface area (Å²) in [5.41, 5.74) is 8.34. The quantitative estimate of drug-likeness (QED) is 0.443. The number of fused-ring (bicyclic) bond motifs is 1. The van der Waals surface area contributed by atoms with Crippen molar-refractivity contribution >= 4 is 33.2 Å². The average Bonchev–Trinajstić information content (AvgIpc) is 3.01. The summed E-state index contributed by atoms with van der Waals surface area (Å²) in [4.78, 5) is 22.3. The first-order chi connectivity index (χ1) is 12.7. The van der Waals surface area contributed by atoms with Gasteiger partial charge in [-0.2, -0.15) is 0 Å². The monoisotopic (exact) mass is 369 g/mol. The molecule has 5 nitrogen and oxygen atoms in total. The number of pyridine rings is 2. The lowest BCUT2D eigenvalue weighted by Gasteiger charge is -2.03. The van der Waals surface area contributed by atoms with Crippen molar-refractivity contribution in [1.82, 2.24) is 9.97 Å². The Morgan fingerprint density at radius 1 is 1.19 bits per heavy atom. The summed E-state index contributed by atoms with van der Waals surface area (Å²) in [7, 11) is 0. The first-order valence-corrected chi connectivity index (χ1v) is 9.79. The van der Waals surface area contributed by atoms with E-state index in [1.165, 1.54) is 30.6 Å². The van der Waals surface area contributed by atoms with Gasteiger partial charge in [-0.05, 0) is 30.7 Å². The number of unbranched alkanes of at least 4 members (excludes halogenated alkanes) is 4. The molecule has 0 aliphatic rings. The number of ether oxygens (including phenoxy) is 1. The zero-order valence-corrected chi connectivity index (χ0v) is 15.7. The summed E-state index contributed by atoms with van der Waals surface area (Å²) >= 11 is 1.28. The number of thiophene rings is 1. The Kier molecular flexibility index (Phi) is 6.17. The number of carbonyl (C=O) groups excluding carboxylic acids is 1. The number of esters is 1. The van der Waals surface area contributed by atoms with Crippen molar-refractivity contribution in [3.63, 3.8) is 0 Å². The SMILES string of the molecule is CCCCCCCOC(=O)c1sc2nc(-c3cccnc3)ccc2c1N. The molecule has 2 N–H and O–H groups in total. The molecule has 0 atom stereocenters. The van der Waals surface area contributed by atoms with Gasteiger partial charge >= 0.3 is 5.97 Å². The number of rotatable bonds is 8. The smallest absolute Gasteiger partial charge is 0.350 e. The fourth-order valence-corrected chi connectivity index (χ4v) is 3.75. The van der Waals surface area contributed by atoms with Gasteiger partial charge in [-0.25, -0.2) is 9.78 Å². The molecule has 26 heavy (non-hydrogen) atoms. The lowest BCUT2D eigenvalue weighted by molar-refractivity contribution is 0.0504. The number of hydrogen-bond acceptors (Lipinski definition) is 6. The highest BCUT2D eigenvalue weighted by atomic mass is 32.1. The van der Waals surface area contributed by atoms with E-state index in [9.17, 15) is 4.79 Å². The fraction of sp³-hybridized carbons (Fsp3) is 0.350. The van der Waals surface area contributed by atoms with Gasteiger partial charge < -0.3 is 10.5 Å². The number of anilines is 1. The van der Waals surface area contributed by atoms with Gasteiger partial charge in [0.25, 0.3) is 0 Å². The summed E-state index contributed by atoms with van der Waals surface area (Å²) in [5, 5.41) is 0.789. The molecule has 3 rings (SSSR count). The molecule has 0 radical (unpaired) electrons. The van der Waals surface area contributed by atoms with E-state index in [4.69, 9.17) is 10.5 Å². The van der Waals surface area contributed by atoms with E-state index < -0.39 is 0 Å². The lowest BCUT2D eigenvalue weighted by Crippen LogP contribution is -2.06. The van der Waals surface area contributed by atoms with Crippen LogP contribution in [0.3, 0.4) is 0 Å². The predicted molar refractivity (Wildman–Crippen MR) is 106 cm³/mol. The first-order valence-electron chi connectivity index (χ1n) is 8.97. The third-order valence-electron chi connectivity index (χ3n) is 4.22. The van der Waals surface area contributed by atoms with Crippen molar-refractivity contribution in [2.24, 2.45) is 0 Å². The summed E-state index contributed by atoms with van der Waals surface area (Å²) in [5.74, 6) is -0.357. The largest absolute Gasteiger partial charge is 0.461 e. The van der Waals surface area contributed by atoms with Crippen LogP contribution in [0.2, 0.25) is 0 Å². The van der Waals surface area contributed by atoms with Gasteiger partial charge in [-0.1, -0.05) is 32.6 Å². The van der Waals surface area contributed by atoms with E-state index in [0.717, 1.165) is 34.3 Å². The summed E-state index contributed by atoms with van der Waals surface area (Å²) in [6.07, 6.45) is 9.06. The lowest BCUT2D eigenvalue weighted by atomic mass is 10.1. The van der Waals surface area contributed by atoms with Crippen molar-refractivity contribution in [1.29, 1.82) is 0 Å². The van der Waals surface area contributed by atoms with E-state index in [1.807, 2.05) is 24.3 Å². The second-order valence-corrected chi connectivity index (χ2v) is 7.18. The number of nitrogens with two attached hydrogens (primary N) is 1. The molecule has 0 aromatic carbocycles. The second kappa shape index (κ2) is 8.76. The number of nitrogens with zero attached hydrogens (tertiary/aromatic N) is 2. The number of aromatic nitrogens is 2. The van der Waals surface area contributed by atoms with Crippen LogP contribution in [0.25, 0.3) is 21.5 Å². The van der Waals surface area contributed by atoms with E-state index >= 15 is 0 Å². The maximum Gasteiger partial charge on any atom is 0.350 e. The van der Waals surface area contributed by atoms with Crippen LogP contribution in [-0.2, 0) is 4.74 Å². The molecule has 0 spiro atoms. The highest BCUT2D eigenvalue weighted by Gasteiger charge is 2.19. The number of hydrogen-bond donors (Lipinski definition) is 1. The van der Waals surface area contributed by atoms with Crippen LogP contribution in [0, 0.1) is 0 Å². The highest BCUT2D eigenvalue weighted by Crippen LogP contribution is 2.34. The molecule has 3 heterocycles. The molecule has 0 saturated heterocycles. The minimum absolute atomic E-state index is 0.357. The Labute approximate surface area is 157 Å². The van der Waals surface area contributed by atoms with Crippen molar-refractivity contribution < 1.29 is 9.53 Å². The summed E-state index contributed by atoms with van der Waals surface area (Å²) in [6.45, 7) is 2.61. The average molecular weight is 369 g/mol. The maximum absolute atomic E-state index is 12.3. The zero-order valence-electron chi connectivity index (χ0n) is 14.9. The molecule has 0 aliphatic heterocycles. The molecule has 0 unspecified atom stereocenters. The summed E-state index contributed by atoms with van der Waals surface area (Å²) in [6, 6.07) is 7.61. The normalized spacial score (nSPS) is 11.0. The Morgan fingerprint density at radius 3 is 2.81 bits per heavy atom. The molecule has 136 valence electrons. The van der Waals surface area contributed by atoms with Crippen LogP contribution in [0.4, 0.5) is 5.69 Å². The molecule has 3 aromatic heterocycles. The van der Waals surface area contributed by atoms with Crippen LogP contribution >= 0.6 is 11.3 Å². The van der Waals surface area contributed by atoms with Crippen LogP contribution in [0.1, 0.15) is 48.7 Å². The molecule has 0 bridgehead atoms. The number of carbonyl (C=O) groups is 1. The van der Waals surface area contributed by atoms with Crippen LogP contribution in [-0.4, -0.2) is 22.5 Å². The van der Waals surface area contributed by atoms with Crippen LogP contribution in [0.15, 0.2) is 36.7 Å². The van der Waals surface area contributed by atoms with Crippen molar-refractivity contribution in [2.45, 2.75) is 39.0 Å². The van der Waals surface area contributed by atoms with Gasteiger partial charge in [0, 0.05) is 23.3 Å². The van der Waals surface area contributed by atoms with Gasteiger partial charge in [0.05, 0.1) is 18.0 Å². The molecular formula is C20H23N3O2S. The van der Waals surface area contributed by atoms with Gasteiger partial charge in [0.15, 0.2) is 0 Å². The second-order valence-electron chi connectivity index (χ2n) is 6.19. The minimum atomic E-state index is -0.357. The predicted octanol–water partition coefficient (Wildman–Crippen LogP) is 5.07. The molecular weight excluding hydrogens is 346 g/mol. The van der Waals surface area contributed by atoms with Crippen molar-refractivity contribution in [3.05, 3.63) is 41.5 Å². The molecule has 0 aliphatic carbocycles. The fourth-order valence-electron chi connectivity index (χ4n) is 2.76. The first kappa shape index (κ1) is 18.3. The third-order valence-corrected chi connectivity index (χ3v) is 5.31. The molecule has 0 amide bonds. The molecule has 6 heteroatoms. The van der Waals surface area contributed by atoms with E-state index in [-0.39, 0.29) is 5.97 Å².